The standard InChI is InChI=1S/C21H27N3O4S2/c1-13-12-28-19-8-5-16(10-24(18-6-7-18)30(4,26)27)9-17(19)11-23(13)21(25)20-14(2)22-15(3)29-20/h5,8-9,13,18H,6-7,10-12H2,1-4H3/t13-/m0/s1. The molecule has 9 heteroatoms. The molecule has 1 aromatic carbocycles. The van der Waals surface area contributed by atoms with Gasteiger partial charge in [-0.2, -0.15) is 4.31 Å². The molecule has 0 saturated heterocycles. The summed E-state index contributed by atoms with van der Waals surface area (Å²) in [4.78, 5) is 20.1. The maximum atomic E-state index is 13.3. The molecule has 2 aromatic rings. The third kappa shape index (κ3) is 4.38. The third-order valence-electron chi connectivity index (χ3n) is 5.55. The van der Waals surface area contributed by atoms with Gasteiger partial charge in [-0.25, -0.2) is 13.4 Å². The number of hydrogen-bond acceptors (Lipinski definition) is 6. The molecule has 162 valence electrons. The first kappa shape index (κ1) is 21.3. The molecule has 30 heavy (non-hydrogen) atoms. The number of hydrogen-bond donors (Lipinski definition) is 0. The van der Waals surface area contributed by atoms with Crippen LogP contribution in [0.5, 0.6) is 5.75 Å². The lowest BCUT2D eigenvalue weighted by molar-refractivity contribution is 0.0649. The van der Waals surface area contributed by atoms with Crippen molar-refractivity contribution in [3.63, 3.8) is 0 Å². The molecule has 0 bridgehead atoms. The largest absolute Gasteiger partial charge is 0.491 e. The summed E-state index contributed by atoms with van der Waals surface area (Å²) in [5.41, 5.74) is 2.55. The van der Waals surface area contributed by atoms with Crippen LogP contribution in [0, 0.1) is 13.8 Å². The van der Waals surface area contributed by atoms with Gasteiger partial charge in [-0.1, -0.05) is 6.07 Å². The molecular weight excluding hydrogens is 422 g/mol. The highest BCUT2D eigenvalue weighted by molar-refractivity contribution is 7.88. The van der Waals surface area contributed by atoms with Gasteiger partial charge in [-0.05, 0) is 51.3 Å². The minimum atomic E-state index is -3.27. The number of rotatable bonds is 5. The van der Waals surface area contributed by atoms with Gasteiger partial charge in [0.25, 0.3) is 5.91 Å². The average Bonchev–Trinajstić information content (AvgIpc) is 3.46. The summed E-state index contributed by atoms with van der Waals surface area (Å²) < 4.78 is 31.9. The van der Waals surface area contributed by atoms with Crippen molar-refractivity contribution in [1.82, 2.24) is 14.2 Å². The van der Waals surface area contributed by atoms with Crippen molar-refractivity contribution in [2.45, 2.75) is 58.8 Å². The second kappa shape index (κ2) is 7.94. The van der Waals surface area contributed by atoms with Gasteiger partial charge in [0.2, 0.25) is 10.0 Å². The van der Waals surface area contributed by atoms with Crippen LogP contribution in [-0.2, 0) is 23.1 Å². The number of thiazole rings is 1. The Morgan fingerprint density at radius 1 is 1.33 bits per heavy atom. The number of ether oxygens (including phenoxy) is 1. The summed E-state index contributed by atoms with van der Waals surface area (Å²) in [6, 6.07) is 5.79. The van der Waals surface area contributed by atoms with Crippen LogP contribution in [0.2, 0.25) is 0 Å². The van der Waals surface area contributed by atoms with Crippen LogP contribution in [0.15, 0.2) is 18.2 Å². The quantitative estimate of drug-likeness (QED) is 0.701. The molecule has 1 aromatic heterocycles. The van der Waals surface area contributed by atoms with Crippen LogP contribution < -0.4 is 4.74 Å². The second-order valence-electron chi connectivity index (χ2n) is 8.22. The summed E-state index contributed by atoms with van der Waals surface area (Å²) in [6.07, 6.45) is 3.09. The zero-order chi connectivity index (χ0) is 21.6. The maximum Gasteiger partial charge on any atom is 0.266 e. The predicted octanol–water partition coefficient (Wildman–Crippen LogP) is 3.11. The number of aryl methyl sites for hydroxylation is 2. The number of aromatic nitrogens is 1. The highest BCUT2D eigenvalue weighted by Crippen LogP contribution is 2.33. The number of carbonyl (C=O) groups excluding carboxylic acids is 1. The number of benzene rings is 1. The average molecular weight is 450 g/mol. The van der Waals surface area contributed by atoms with Gasteiger partial charge in [0.05, 0.1) is 29.5 Å². The number of sulfonamides is 1. The van der Waals surface area contributed by atoms with Crippen LogP contribution >= 0.6 is 11.3 Å². The Labute approximate surface area is 181 Å². The SMILES string of the molecule is Cc1nc(C)c(C(=O)N2Cc3cc(CN(C4CC4)S(C)(=O)=O)ccc3OC[C@@H]2C)s1. The van der Waals surface area contributed by atoms with Crippen molar-refractivity contribution >= 4 is 27.3 Å². The fourth-order valence-corrected chi connectivity index (χ4v) is 5.84. The zero-order valence-electron chi connectivity index (χ0n) is 17.7. The normalized spacial score (nSPS) is 19.4. The van der Waals surface area contributed by atoms with Gasteiger partial charge in [-0.15, -0.1) is 11.3 Å². The molecule has 2 aliphatic rings. The van der Waals surface area contributed by atoms with Crippen LogP contribution in [0.3, 0.4) is 0 Å². The van der Waals surface area contributed by atoms with E-state index in [1.165, 1.54) is 17.6 Å². The summed E-state index contributed by atoms with van der Waals surface area (Å²) in [6.45, 7) is 6.91. The van der Waals surface area contributed by atoms with Crippen molar-refractivity contribution in [1.29, 1.82) is 0 Å². The van der Waals surface area contributed by atoms with E-state index in [9.17, 15) is 13.2 Å². The van der Waals surface area contributed by atoms with E-state index in [-0.39, 0.29) is 18.0 Å². The van der Waals surface area contributed by atoms with E-state index >= 15 is 0 Å². The second-order valence-corrected chi connectivity index (χ2v) is 11.4. The van der Waals surface area contributed by atoms with Crippen molar-refractivity contribution in [3.8, 4) is 5.75 Å². The highest BCUT2D eigenvalue weighted by atomic mass is 32.2. The predicted molar refractivity (Wildman–Crippen MR) is 116 cm³/mol. The van der Waals surface area contributed by atoms with E-state index in [1.807, 2.05) is 43.9 Å². The van der Waals surface area contributed by atoms with Crippen molar-refractivity contribution < 1.29 is 17.9 Å². The lowest BCUT2D eigenvalue weighted by Crippen LogP contribution is -2.39. The third-order valence-corrected chi connectivity index (χ3v) is 7.89. The fraction of sp³-hybridized carbons (Fsp3) is 0.524. The van der Waals surface area contributed by atoms with Crippen molar-refractivity contribution in [2.24, 2.45) is 0 Å². The number of fused-ring (bicyclic) bond motifs is 1. The molecule has 7 nitrogen and oxygen atoms in total. The van der Waals surface area contributed by atoms with E-state index in [0.717, 1.165) is 40.4 Å². The van der Waals surface area contributed by atoms with Gasteiger partial charge in [0.15, 0.2) is 0 Å². The van der Waals surface area contributed by atoms with Gasteiger partial charge in [-0.3, -0.25) is 4.79 Å². The maximum absolute atomic E-state index is 13.3. The van der Waals surface area contributed by atoms with E-state index in [2.05, 4.69) is 4.98 Å². The Morgan fingerprint density at radius 2 is 2.07 bits per heavy atom. The summed E-state index contributed by atoms with van der Waals surface area (Å²) in [5, 5.41) is 0.873. The Morgan fingerprint density at radius 3 is 2.67 bits per heavy atom. The zero-order valence-corrected chi connectivity index (χ0v) is 19.3. The minimum absolute atomic E-state index is 0.0387. The van der Waals surface area contributed by atoms with Gasteiger partial charge >= 0.3 is 0 Å². The first-order chi connectivity index (χ1) is 14.1. The molecule has 1 atom stereocenters. The molecule has 1 aliphatic carbocycles. The van der Waals surface area contributed by atoms with E-state index in [0.29, 0.717) is 24.6 Å². The van der Waals surface area contributed by atoms with E-state index < -0.39 is 10.0 Å². The number of amides is 1. The highest BCUT2D eigenvalue weighted by Gasteiger charge is 2.35. The Balaban J connectivity index is 1.61. The first-order valence-corrected chi connectivity index (χ1v) is 12.8. The van der Waals surface area contributed by atoms with Gasteiger partial charge in [0, 0.05) is 18.2 Å². The molecule has 4 rings (SSSR count). The summed E-state index contributed by atoms with van der Waals surface area (Å²) in [5.74, 6) is 0.707. The molecule has 0 spiro atoms. The Kier molecular flexibility index (Phi) is 5.63. The fourth-order valence-electron chi connectivity index (χ4n) is 3.83. The summed E-state index contributed by atoms with van der Waals surface area (Å²) in [7, 11) is -3.27. The Hall–Kier alpha value is -1.97. The lowest BCUT2D eigenvalue weighted by atomic mass is 10.1. The summed E-state index contributed by atoms with van der Waals surface area (Å²) >= 11 is 1.41. The smallest absolute Gasteiger partial charge is 0.266 e. The minimum Gasteiger partial charge on any atom is -0.491 e. The molecular formula is C21H27N3O4S2. The van der Waals surface area contributed by atoms with Crippen molar-refractivity contribution in [3.05, 3.63) is 44.9 Å². The van der Waals surface area contributed by atoms with Crippen LogP contribution in [0.25, 0.3) is 0 Å². The monoisotopic (exact) mass is 449 g/mol. The number of carbonyl (C=O) groups is 1. The molecule has 1 saturated carbocycles. The van der Waals surface area contributed by atoms with Gasteiger partial charge < -0.3 is 9.64 Å². The Bertz CT molecular complexity index is 1080. The molecule has 1 aliphatic heterocycles. The van der Waals surface area contributed by atoms with Crippen LogP contribution in [0.1, 0.15) is 51.3 Å². The van der Waals surface area contributed by atoms with Gasteiger partial charge in [0.1, 0.15) is 17.2 Å². The molecule has 1 amide bonds. The van der Waals surface area contributed by atoms with Crippen molar-refractivity contribution in [2.75, 3.05) is 12.9 Å². The van der Waals surface area contributed by atoms with E-state index in [1.54, 1.807) is 4.31 Å². The first-order valence-electron chi connectivity index (χ1n) is 10.1. The molecule has 0 radical (unpaired) electrons. The lowest BCUT2D eigenvalue weighted by Gasteiger charge is -2.26. The topological polar surface area (TPSA) is 79.8 Å². The van der Waals surface area contributed by atoms with Crippen LogP contribution in [-0.4, -0.2) is 53.5 Å². The molecule has 1 fully saturated rings. The van der Waals surface area contributed by atoms with Crippen LogP contribution in [0.4, 0.5) is 0 Å². The molecule has 0 N–H and O–H groups in total. The molecule has 0 unspecified atom stereocenters. The van der Waals surface area contributed by atoms with E-state index in [4.69, 9.17) is 4.74 Å². The number of nitrogens with zero attached hydrogens (tertiary/aromatic N) is 3. The molecule has 2 heterocycles.